The molecule has 0 radical (unpaired) electrons. The van der Waals surface area contributed by atoms with Crippen LogP contribution in [0.15, 0.2) is 41.3 Å². The molecular weight excluding hydrogens is 456 g/mol. The van der Waals surface area contributed by atoms with Gasteiger partial charge in [-0.25, -0.2) is 8.78 Å². The number of amides is 3. The first kappa shape index (κ1) is 22.4. The van der Waals surface area contributed by atoms with E-state index in [2.05, 4.69) is 5.32 Å². The number of benzene rings is 2. The predicted molar refractivity (Wildman–Crippen MR) is 109 cm³/mol. The number of thioether (sulfide) groups is 1. The van der Waals surface area contributed by atoms with E-state index >= 15 is 0 Å². The Kier molecular flexibility index (Phi) is 6.66. The summed E-state index contributed by atoms with van der Waals surface area (Å²) in [5.74, 6) is -3.34. The number of carbonyl (C=O) groups excluding carboxylic acids is 3. The minimum Gasteiger partial charge on any atom is -0.350 e. The van der Waals surface area contributed by atoms with E-state index in [-0.39, 0.29) is 34.3 Å². The lowest BCUT2D eigenvalue weighted by molar-refractivity contribution is -0.384. The second kappa shape index (κ2) is 9.23. The Morgan fingerprint density at radius 3 is 2.65 bits per heavy atom. The minimum atomic E-state index is -1.04. The van der Waals surface area contributed by atoms with Crippen LogP contribution in [0.3, 0.4) is 0 Å². The highest BCUT2D eigenvalue weighted by molar-refractivity contribution is 8.18. The molecule has 0 aromatic heterocycles. The largest absolute Gasteiger partial charge is 0.350 e. The van der Waals surface area contributed by atoms with Crippen molar-refractivity contribution in [2.45, 2.75) is 0 Å². The standard InChI is InChI=1S/C19H12ClF2N3O5S/c20-13-4-1-10(7-15(13)25(29)30)8-16-18(27)24(19(28)31-16)6-5-23-17(26)12-3-2-11(21)9-14(12)22/h1-4,7-9H,5-6H2,(H,23,26)/b16-8-. The van der Waals surface area contributed by atoms with Crippen LogP contribution in [0.25, 0.3) is 6.08 Å². The first-order chi connectivity index (χ1) is 14.7. The van der Waals surface area contributed by atoms with Gasteiger partial charge in [-0.15, -0.1) is 0 Å². The number of rotatable bonds is 6. The second-order valence-electron chi connectivity index (χ2n) is 6.18. The van der Waals surface area contributed by atoms with Gasteiger partial charge >= 0.3 is 0 Å². The summed E-state index contributed by atoms with van der Waals surface area (Å²) in [4.78, 5) is 47.8. The summed E-state index contributed by atoms with van der Waals surface area (Å²) in [6, 6.07) is 6.42. The van der Waals surface area contributed by atoms with Gasteiger partial charge in [0, 0.05) is 25.2 Å². The number of nitro groups is 1. The molecule has 0 atom stereocenters. The van der Waals surface area contributed by atoms with Crippen LogP contribution in [0, 0.1) is 21.7 Å². The number of hydrogen-bond acceptors (Lipinski definition) is 6. The van der Waals surface area contributed by atoms with Gasteiger partial charge < -0.3 is 5.32 Å². The molecule has 1 fully saturated rings. The summed E-state index contributed by atoms with van der Waals surface area (Å²) in [5.41, 5.74) is -0.410. The van der Waals surface area contributed by atoms with Crippen molar-refractivity contribution in [3.63, 3.8) is 0 Å². The predicted octanol–water partition coefficient (Wildman–Crippen LogP) is 3.99. The number of nitrogens with zero attached hydrogens (tertiary/aromatic N) is 2. The Labute approximate surface area is 183 Å². The van der Waals surface area contributed by atoms with E-state index in [0.29, 0.717) is 23.4 Å². The molecule has 1 N–H and O–H groups in total. The van der Waals surface area contributed by atoms with Crippen LogP contribution in [0.2, 0.25) is 5.02 Å². The zero-order valence-corrected chi connectivity index (χ0v) is 17.0. The van der Waals surface area contributed by atoms with Crippen LogP contribution in [-0.2, 0) is 4.79 Å². The molecule has 8 nitrogen and oxygen atoms in total. The fraction of sp³-hybridized carbons (Fsp3) is 0.105. The van der Waals surface area contributed by atoms with Crippen LogP contribution in [0.5, 0.6) is 0 Å². The first-order valence-corrected chi connectivity index (χ1v) is 9.79. The molecule has 1 aliphatic heterocycles. The quantitative estimate of drug-likeness (QED) is 0.391. The molecule has 0 spiro atoms. The Hall–Kier alpha value is -3.31. The van der Waals surface area contributed by atoms with Crippen molar-refractivity contribution in [1.82, 2.24) is 10.2 Å². The first-order valence-electron chi connectivity index (χ1n) is 8.60. The van der Waals surface area contributed by atoms with E-state index in [9.17, 15) is 33.3 Å². The van der Waals surface area contributed by atoms with Crippen LogP contribution >= 0.6 is 23.4 Å². The highest BCUT2D eigenvalue weighted by Crippen LogP contribution is 2.33. The number of nitro benzene ring substituents is 1. The third-order valence-electron chi connectivity index (χ3n) is 4.13. The number of nitrogens with one attached hydrogen (secondary N) is 1. The molecule has 0 bridgehead atoms. The van der Waals surface area contributed by atoms with E-state index in [4.69, 9.17) is 11.6 Å². The Bertz CT molecular complexity index is 1140. The van der Waals surface area contributed by atoms with Gasteiger partial charge in [-0.05, 0) is 41.6 Å². The van der Waals surface area contributed by atoms with Crippen molar-refractivity contribution in [3.05, 3.63) is 79.2 Å². The van der Waals surface area contributed by atoms with Gasteiger partial charge in [0.2, 0.25) is 0 Å². The van der Waals surface area contributed by atoms with Gasteiger partial charge in [0.25, 0.3) is 22.7 Å². The fourth-order valence-corrected chi connectivity index (χ4v) is 3.71. The van der Waals surface area contributed by atoms with Gasteiger partial charge in [0.15, 0.2) is 0 Å². The van der Waals surface area contributed by atoms with Gasteiger partial charge in [-0.3, -0.25) is 29.4 Å². The monoisotopic (exact) mass is 467 g/mol. The highest BCUT2D eigenvalue weighted by atomic mass is 35.5. The van der Waals surface area contributed by atoms with Gasteiger partial charge in [-0.1, -0.05) is 17.7 Å². The lowest BCUT2D eigenvalue weighted by Crippen LogP contribution is -2.37. The van der Waals surface area contributed by atoms with Crippen molar-refractivity contribution in [2.75, 3.05) is 13.1 Å². The van der Waals surface area contributed by atoms with E-state index in [0.717, 1.165) is 17.0 Å². The summed E-state index contributed by atoms with van der Waals surface area (Å²) in [7, 11) is 0. The number of carbonyl (C=O) groups is 3. The zero-order chi connectivity index (χ0) is 22.7. The Morgan fingerprint density at radius 1 is 1.23 bits per heavy atom. The number of hydrogen-bond donors (Lipinski definition) is 1. The third-order valence-corrected chi connectivity index (χ3v) is 5.36. The molecule has 12 heteroatoms. The fourth-order valence-electron chi connectivity index (χ4n) is 2.65. The topological polar surface area (TPSA) is 110 Å². The van der Waals surface area contributed by atoms with Gasteiger partial charge in [-0.2, -0.15) is 0 Å². The van der Waals surface area contributed by atoms with E-state index in [1.54, 1.807) is 0 Å². The molecule has 3 rings (SSSR count). The Balaban J connectivity index is 1.65. The maximum Gasteiger partial charge on any atom is 0.293 e. The van der Waals surface area contributed by atoms with Crippen molar-refractivity contribution in [3.8, 4) is 0 Å². The highest BCUT2D eigenvalue weighted by Gasteiger charge is 2.34. The molecule has 1 heterocycles. The summed E-state index contributed by atoms with van der Waals surface area (Å²) in [5, 5.41) is 12.7. The lowest BCUT2D eigenvalue weighted by atomic mass is 10.2. The summed E-state index contributed by atoms with van der Waals surface area (Å²) >= 11 is 6.39. The Morgan fingerprint density at radius 2 is 1.97 bits per heavy atom. The van der Waals surface area contributed by atoms with E-state index < -0.39 is 33.6 Å². The molecule has 0 saturated carbocycles. The third kappa shape index (κ3) is 5.06. The van der Waals surface area contributed by atoms with E-state index in [1.807, 2.05) is 0 Å². The second-order valence-corrected chi connectivity index (χ2v) is 7.58. The molecule has 1 aliphatic rings. The smallest absolute Gasteiger partial charge is 0.293 e. The van der Waals surface area contributed by atoms with Crippen LogP contribution in [0.4, 0.5) is 19.3 Å². The summed E-state index contributed by atoms with van der Waals surface area (Å²) in [6.07, 6.45) is 1.32. The molecule has 31 heavy (non-hydrogen) atoms. The summed E-state index contributed by atoms with van der Waals surface area (Å²) < 4.78 is 26.6. The molecule has 2 aromatic rings. The molecular formula is C19H12ClF2N3O5S. The van der Waals surface area contributed by atoms with Crippen LogP contribution in [0.1, 0.15) is 15.9 Å². The number of imide groups is 1. The SMILES string of the molecule is O=C(NCCN1C(=O)S/C(=C\c2ccc(Cl)c([N+](=O)[O-])c2)C1=O)c1ccc(F)cc1F. The number of halogens is 3. The normalized spacial score (nSPS) is 14.9. The maximum atomic E-state index is 13.6. The van der Waals surface area contributed by atoms with Gasteiger partial charge in [0.1, 0.15) is 16.7 Å². The molecule has 0 aliphatic carbocycles. The minimum absolute atomic E-state index is 0.0394. The average molecular weight is 468 g/mol. The van der Waals surface area contributed by atoms with Crippen molar-refractivity contribution in [2.24, 2.45) is 0 Å². The lowest BCUT2D eigenvalue weighted by Gasteiger charge is -2.13. The van der Waals surface area contributed by atoms with Crippen molar-refractivity contribution < 1.29 is 28.1 Å². The average Bonchev–Trinajstić information content (AvgIpc) is 2.96. The molecule has 0 unspecified atom stereocenters. The molecule has 160 valence electrons. The van der Waals surface area contributed by atoms with Crippen LogP contribution < -0.4 is 5.32 Å². The van der Waals surface area contributed by atoms with Crippen molar-refractivity contribution in [1.29, 1.82) is 0 Å². The molecule has 3 amide bonds. The van der Waals surface area contributed by atoms with E-state index in [1.165, 1.54) is 24.3 Å². The molecule has 2 aromatic carbocycles. The van der Waals surface area contributed by atoms with Crippen LogP contribution in [-0.4, -0.2) is 40.0 Å². The molecule has 1 saturated heterocycles. The van der Waals surface area contributed by atoms with Crippen molar-refractivity contribution >= 4 is 52.2 Å². The zero-order valence-electron chi connectivity index (χ0n) is 15.4. The van der Waals surface area contributed by atoms with Gasteiger partial charge in [0.05, 0.1) is 15.4 Å². The maximum absolute atomic E-state index is 13.6. The summed E-state index contributed by atoms with van der Waals surface area (Å²) in [6.45, 7) is -0.343.